The van der Waals surface area contributed by atoms with Crippen LogP contribution in [0.25, 0.3) is 11.1 Å². The standard InChI is InChI=1S/C17H16N4O/c1-2-16(20-21-17(19)22)15-10-6-5-9-14(15)13-8-4-3-7-12(13)11-18/h3-10H,2H2,1H3,(H3,19,21,22). The molecule has 0 aromatic heterocycles. The maximum Gasteiger partial charge on any atom is 0.332 e. The zero-order valence-corrected chi connectivity index (χ0v) is 12.2. The summed E-state index contributed by atoms with van der Waals surface area (Å²) in [6.07, 6.45) is 0.617. The van der Waals surface area contributed by atoms with Gasteiger partial charge in [-0.1, -0.05) is 49.4 Å². The highest BCUT2D eigenvalue weighted by Crippen LogP contribution is 2.27. The SMILES string of the molecule is CCC(=NNC(N)=O)c1ccccc1-c1ccccc1C#N. The van der Waals surface area contributed by atoms with Crippen LogP contribution in [0.15, 0.2) is 53.6 Å². The molecule has 0 radical (unpaired) electrons. The Labute approximate surface area is 129 Å². The van der Waals surface area contributed by atoms with Crippen molar-refractivity contribution in [2.24, 2.45) is 10.8 Å². The van der Waals surface area contributed by atoms with Crippen LogP contribution >= 0.6 is 0 Å². The summed E-state index contributed by atoms with van der Waals surface area (Å²) in [4.78, 5) is 10.9. The molecular formula is C17H16N4O. The van der Waals surface area contributed by atoms with Crippen molar-refractivity contribution in [2.45, 2.75) is 13.3 Å². The van der Waals surface area contributed by atoms with Crippen LogP contribution in [-0.4, -0.2) is 11.7 Å². The van der Waals surface area contributed by atoms with E-state index in [9.17, 15) is 10.1 Å². The second kappa shape index (κ2) is 7.04. The number of nitrogens with one attached hydrogen (secondary N) is 1. The summed E-state index contributed by atoms with van der Waals surface area (Å²) in [5.41, 5.74) is 11.2. The maximum absolute atomic E-state index is 10.9. The molecule has 0 bridgehead atoms. The number of nitriles is 1. The lowest BCUT2D eigenvalue weighted by molar-refractivity contribution is 0.249. The Balaban J connectivity index is 2.58. The second-order valence-electron chi connectivity index (χ2n) is 4.59. The Kier molecular flexibility index (Phi) is 4.89. The highest BCUT2D eigenvalue weighted by molar-refractivity contribution is 6.06. The summed E-state index contributed by atoms with van der Waals surface area (Å²) in [6.45, 7) is 1.94. The van der Waals surface area contributed by atoms with Gasteiger partial charge in [-0.2, -0.15) is 10.4 Å². The molecule has 0 heterocycles. The van der Waals surface area contributed by atoms with Gasteiger partial charge in [0.2, 0.25) is 0 Å². The van der Waals surface area contributed by atoms with Gasteiger partial charge in [0.05, 0.1) is 17.3 Å². The van der Waals surface area contributed by atoms with Crippen molar-refractivity contribution in [3.05, 3.63) is 59.7 Å². The van der Waals surface area contributed by atoms with Crippen molar-refractivity contribution in [1.82, 2.24) is 5.43 Å². The first kappa shape index (κ1) is 15.3. The average molecular weight is 292 g/mol. The highest BCUT2D eigenvalue weighted by atomic mass is 16.2. The normalized spacial score (nSPS) is 10.8. The van der Waals surface area contributed by atoms with Gasteiger partial charge in [0.15, 0.2) is 0 Å². The van der Waals surface area contributed by atoms with Gasteiger partial charge < -0.3 is 5.73 Å². The van der Waals surface area contributed by atoms with E-state index in [2.05, 4.69) is 16.6 Å². The first-order chi connectivity index (χ1) is 10.7. The van der Waals surface area contributed by atoms with E-state index in [1.54, 1.807) is 6.07 Å². The molecule has 0 atom stereocenters. The third kappa shape index (κ3) is 3.30. The average Bonchev–Trinajstić information content (AvgIpc) is 2.55. The van der Waals surface area contributed by atoms with Gasteiger partial charge >= 0.3 is 6.03 Å². The van der Waals surface area contributed by atoms with Crippen molar-refractivity contribution in [1.29, 1.82) is 5.26 Å². The summed E-state index contributed by atoms with van der Waals surface area (Å²) < 4.78 is 0. The third-order valence-corrected chi connectivity index (χ3v) is 3.21. The highest BCUT2D eigenvalue weighted by Gasteiger charge is 2.12. The molecule has 0 aliphatic carbocycles. The Morgan fingerprint density at radius 1 is 1.18 bits per heavy atom. The van der Waals surface area contributed by atoms with Crippen LogP contribution in [0.3, 0.4) is 0 Å². The van der Waals surface area contributed by atoms with Crippen molar-refractivity contribution in [3.8, 4) is 17.2 Å². The number of primary amides is 1. The van der Waals surface area contributed by atoms with Crippen LogP contribution < -0.4 is 11.2 Å². The summed E-state index contributed by atoms with van der Waals surface area (Å²) in [6, 6.07) is 16.5. The molecule has 0 fully saturated rings. The second-order valence-corrected chi connectivity index (χ2v) is 4.59. The Morgan fingerprint density at radius 2 is 1.82 bits per heavy atom. The number of amides is 2. The number of benzene rings is 2. The molecular weight excluding hydrogens is 276 g/mol. The van der Waals surface area contributed by atoms with Crippen LogP contribution in [0, 0.1) is 11.3 Å². The summed E-state index contributed by atoms with van der Waals surface area (Å²) >= 11 is 0. The minimum Gasteiger partial charge on any atom is -0.350 e. The molecule has 0 saturated carbocycles. The predicted molar refractivity (Wildman–Crippen MR) is 86.1 cm³/mol. The first-order valence-corrected chi connectivity index (χ1v) is 6.88. The van der Waals surface area contributed by atoms with Crippen LogP contribution in [0.5, 0.6) is 0 Å². The minimum absolute atomic E-state index is 0.591. The van der Waals surface area contributed by atoms with Gasteiger partial charge in [0, 0.05) is 11.1 Å². The number of rotatable bonds is 4. The van der Waals surface area contributed by atoms with Crippen LogP contribution in [0.2, 0.25) is 0 Å². The molecule has 0 aliphatic heterocycles. The minimum atomic E-state index is -0.708. The Hall–Kier alpha value is -3.13. The lowest BCUT2D eigenvalue weighted by Crippen LogP contribution is -2.26. The molecule has 0 unspecified atom stereocenters. The van der Waals surface area contributed by atoms with E-state index in [0.717, 1.165) is 16.7 Å². The molecule has 3 N–H and O–H groups in total. The number of nitrogens with two attached hydrogens (primary N) is 1. The number of hydrogen-bond donors (Lipinski definition) is 2. The molecule has 2 aromatic carbocycles. The van der Waals surface area contributed by atoms with E-state index in [1.807, 2.05) is 49.4 Å². The maximum atomic E-state index is 10.9. The lowest BCUT2D eigenvalue weighted by Gasteiger charge is -2.12. The number of hydrazone groups is 1. The molecule has 0 spiro atoms. The largest absolute Gasteiger partial charge is 0.350 e. The number of carbonyl (C=O) groups excluding carboxylic acids is 1. The molecule has 2 aromatic rings. The van der Waals surface area contributed by atoms with E-state index in [4.69, 9.17) is 5.73 Å². The molecule has 22 heavy (non-hydrogen) atoms. The molecule has 2 rings (SSSR count). The van der Waals surface area contributed by atoms with Crippen molar-refractivity contribution >= 4 is 11.7 Å². The third-order valence-electron chi connectivity index (χ3n) is 3.21. The molecule has 0 saturated heterocycles. The van der Waals surface area contributed by atoms with Crippen molar-refractivity contribution in [3.63, 3.8) is 0 Å². The van der Waals surface area contributed by atoms with Gasteiger partial charge in [-0.15, -0.1) is 0 Å². The van der Waals surface area contributed by atoms with E-state index in [0.29, 0.717) is 17.7 Å². The predicted octanol–water partition coefficient (Wildman–Crippen LogP) is 3.01. The Bertz CT molecular complexity index is 759. The number of nitrogens with zero attached hydrogens (tertiary/aromatic N) is 2. The van der Waals surface area contributed by atoms with E-state index in [-0.39, 0.29) is 0 Å². The fourth-order valence-electron chi connectivity index (χ4n) is 2.24. The van der Waals surface area contributed by atoms with E-state index in [1.165, 1.54) is 0 Å². The Morgan fingerprint density at radius 3 is 2.45 bits per heavy atom. The molecule has 110 valence electrons. The van der Waals surface area contributed by atoms with Crippen molar-refractivity contribution < 1.29 is 4.79 Å². The molecule has 5 nitrogen and oxygen atoms in total. The topological polar surface area (TPSA) is 91.3 Å². The first-order valence-electron chi connectivity index (χ1n) is 6.88. The smallest absolute Gasteiger partial charge is 0.332 e. The quantitative estimate of drug-likeness (QED) is 0.669. The van der Waals surface area contributed by atoms with Gasteiger partial charge in [-0.25, -0.2) is 10.2 Å². The van der Waals surface area contributed by atoms with Crippen molar-refractivity contribution in [2.75, 3.05) is 0 Å². The van der Waals surface area contributed by atoms with E-state index >= 15 is 0 Å². The molecule has 5 heteroatoms. The summed E-state index contributed by atoms with van der Waals surface area (Å²) in [7, 11) is 0. The number of urea groups is 1. The number of carbonyl (C=O) groups is 1. The van der Waals surface area contributed by atoms with Gasteiger partial charge in [-0.3, -0.25) is 0 Å². The van der Waals surface area contributed by atoms with Crippen LogP contribution in [0.4, 0.5) is 4.79 Å². The van der Waals surface area contributed by atoms with Gasteiger partial charge in [-0.05, 0) is 18.1 Å². The summed E-state index contributed by atoms with van der Waals surface area (Å²) in [5.74, 6) is 0. The van der Waals surface area contributed by atoms with E-state index < -0.39 is 6.03 Å². The van der Waals surface area contributed by atoms with Crippen LogP contribution in [-0.2, 0) is 0 Å². The fourth-order valence-corrected chi connectivity index (χ4v) is 2.24. The molecule has 0 aliphatic rings. The monoisotopic (exact) mass is 292 g/mol. The fraction of sp³-hybridized carbons (Fsp3) is 0.118. The zero-order chi connectivity index (χ0) is 15.9. The van der Waals surface area contributed by atoms with Crippen LogP contribution in [0.1, 0.15) is 24.5 Å². The summed E-state index contributed by atoms with van der Waals surface area (Å²) in [5, 5.41) is 13.4. The lowest BCUT2D eigenvalue weighted by atomic mass is 9.93. The number of hydrogen-bond acceptors (Lipinski definition) is 3. The van der Waals surface area contributed by atoms with Gasteiger partial charge in [0.25, 0.3) is 0 Å². The molecule has 2 amide bonds. The zero-order valence-electron chi connectivity index (χ0n) is 12.2. The van der Waals surface area contributed by atoms with Gasteiger partial charge in [0.1, 0.15) is 0 Å².